The van der Waals surface area contributed by atoms with Gasteiger partial charge in [-0.3, -0.25) is 14.4 Å². The number of para-hydroxylation sites is 2. The van der Waals surface area contributed by atoms with Crippen molar-refractivity contribution in [2.24, 2.45) is 0 Å². The maximum atomic E-state index is 11.2. The first-order valence-corrected chi connectivity index (χ1v) is 5.91. The van der Waals surface area contributed by atoms with E-state index in [-0.39, 0.29) is 11.4 Å². The highest BCUT2D eigenvalue weighted by atomic mass is 32.2. The third kappa shape index (κ3) is 2.94. The molecule has 1 radical (unpaired) electrons. The third-order valence-corrected chi connectivity index (χ3v) is 3.13. The van der Waals surface area contributed by atoms with Gasteiger partial charge < -0.3 is 0 Å². The molecule has 0 N–H and O–H groups in total. The van der Waals surface area contributed by atoms with Crippen molar-refractivity contribution in [1.29, 1.82) is 0 Å². The SMILES string of the molecule is [CH2]C(C)(C)N(c1ccccc1[N+](=O)[O-])[SH](=O)=O. The molecule has 1 rings (SSSR count). The summed E-state index contributed by atoms with van der Waals surface area (Å²) in [4.78, 5) is 10.2. The van der Waals surface area contributed by atoms with Crippen molar-refractivity contribution in [2.75, 3.05) is 4.31 Å². The summed E-state index contributed by atoms with van der Waals surface area (Å²) >= 11 is 0. The third-order valence-electron chi connectivity index (χ3n) is 2.04. The van der Waals surface area contributed by atoms with Gasteiger partial charge in [0.05, 0.1) is 10.5 Å². The van der Waals surface area contributed by atoms with Crippen LogP contribution in [-0.2, 0) is 10.9 Å². The van der Waals surface area contributed by atoms with Crippen molar-refractivity contribution < 1.29 is 13.3 Å². The first-order valence-electron chi connectivity index (χ1n) is 4.78. The van der Waals surface area contributed by atoms with Gasteiger partial charge in [-0.1, -0.05) is 12.1 Å². The van der Waals surface area contributed by atoms with E-state index < -0.39 is 21.4 Å². The van der Waals surface area contributed by atoms with Crippen molar-refractivity contribution in [3.05, 3.63) is 41.3 Å². The zero-order chi connectivity index (χ0) is 13.2. The Bertz CT molecular complexity index is 497. The highest BCUT2D eigenvalue weighted by Crippen LogP contribution is 2.32. The number of hydrogen-bond acceptors (Lipinski definition) is 4. The second-order valence-corrected chi connectivity index (χ2v) is 4.98. The van der Waals surface area contributed by atoms with E-state index in [9.17, 15) is 18.5 Å². The van der Waals surface area contributed by atoms with Gasteiger partial charge in [0.15, 0.2) is 0 Å². The van der Waals surface area contributed by atoms with E-state index in [4.69, 9.17) is 0 Å². The summed E-state index contributed by atoms with van der Waals surface area (Å²) < 4.78 is 23.4. The Labute approximate surface area is 101 Å². The lowest BCUT2D eigenvalue weighted by molar-refractivity contribution is -0.384. The van der Waals surface area contributed by atoms with E-state index >= 15 is 0 Å². The van der Waals surface area contributed by atoms with Crippen LogP contribution in [0.4, 0.5) is 11.4 Å². The lowest BCUT2D eigenvalue weighted by atomic mass is 10.1. The monoisotopic (exact) mass is 257 g/mol. The summed E-state index contributed by atoms with van der Waals surface area (Å²) in [5, 5.41) is 10.8. The summed E-state index contributed by atoms with van der Waals surface area (Å²) in [5.74, 6) is 0. The Kier molecular flexibility index (Phi) is 3.72. The average molecular weight is 257 g/mol. The molecule has 7 heteroatoms. The van der Waals surface area contributed by atoms with Crippen LogP contribution >= 0.6 is 0 Å². The van der Waals surface area contributed by atoms with Crippen LogP contribution < -0.4 is 4.31 Å². The topological polar surface area (TPSA) is 80.5 Å². The second-order valence-electron chi connectivity index (χ2n) is 4.11. The van der Waals surface area contributed by atoms with Gasteiger partial charge in [0.25, 0.3) is 5.69 Å². The molecule has 0 bridgehead atoms. The smallest absolute Gasteiger partial charge is 0.260 e. The quantitative estimate of drug-likeness (QED) is 0.504. The molecule has 0 saturated carbocycles. The Balaban J connectivity index is 3.44. The predicted molar refractivity (Wildman–Crippen MR) is 65.3 cm³/mol. The number of nitrogens with zero attached hydrogens (tertiary/aromatic N) is 2. The predicted octanol–water partition coefficient (Wildman–Crippen LogP) is 1.54. The molecule has 0 saturated heterocycles. The van der Waals surface area contributed by atoms with Gasteiger partial charge >= 0.3 is 0 Å². The first kappa shape index (κ1) is 13.4. The number of rotatable bonds is 4. The first-order chi connectivity index (χ1) is 7.75. The summed E-state index contributed by atoms with van der Waals surface area (Å²) in [7, 11) is -3.00. The fraction of sp³-hybridized carbons (Fsp3) is 0.300. The van der Waals surface area contributed by atoms with Crippen molar-refractivity contribution in [3.63, 3.8) is 0 Å². The van der Waals surface area contributed by atoms with Crippen molar-refractivity contribution in [2.45, 2.75) is 19.4 Å². The van der Waals surface area contributed by atoms with Crippen molar-refractivity contribution >= 4 is 22.3 Å². The molecule has 0 heterocycles. The maximum Gasteiger partial charge on any atom is 0.293 e. The van der Waals surface area contributed by atoms with Crippen LogP contribution in [0.25, 0.3) is 0 Å². The molecule has 0 aliphatic rings. The minimum Gasteiger partial charge on any atom is -0.260 e. The van der Waals surface area contributed by atoms with Crippen LogP contribution in [0.3, 0.4) is 0 Å². The molecule has 0 aliphatic carbocycles. The zero-order valence-corrected chi connectivity index (χ0v) is 10.4. The highest BCUT2D eigenvalue weighted by Gasteiger charge is 2.29. The van der Waals surface area contributed by atoms with Crippen LogP contribution in [0.15, 0.2) is 24.3 Å². The van der Waals surface area contributed by atoms with Crippen molar-refractivity contribution in [3.8, 4) is 0 Å². The van der Waals surface area contributed by atoms with E-state index in [0.29, 0.717) is 0 Å². The minimum atomic E-state index is -3.00. The molecule has 0 aromatic heterocycles. The zero-order valence-electron chi connectivity index (χ0n) is 9.49. The molecule has 0 atom stereocenters. The fourth-order valence-electron chi connectivity index (χ4n) is 1.43. The number of thiol groups is 1. The van der Waals surface area contributed by atoms with Gasteiger partial charge in [-0.25, -0.2) is 8.42 Å². The van der Waals surface area contributed by atoms with Gasteiger partial charge in [0.1, 0.15) is 5.69 Å². The molecular weight excluding hydrogens is 244 g/mol. The largest absolute Gasteiger partial charge is 0.293 e. The van der Waals surface area contributed by atoms with E-state index in [1.807, 2.05) is 0 Å². The van der Waals surface area contributed by atoms with Crippen LogP contribution in [0.1, 0.15) is 13.8 Å². The summed E-state index contributed by atoms with van der Waals surface area (Å²) in [6, 6.07) is 5.66. The molecule has 0 spiro atoms. The second kappa shape index (κ2) is 4.70. The summed E-state index contributed by atoms with van der Waals surface area (Å²) in [6.45, 7) is 6.82. The number of anilines is 1. The van der Waals surface area contributed by atoms with Gasteiger partial charge in [0.2, 0.25) is 10.9 Å². The van der Waals surface area contributed by atoms with Gasteiger partial charge in [-0.05, 0) is 26.8 Å². The average Bonchev–Trinajstić information content (AvgIpc) is 2.15. The molecule has 1 aromatic rings. The van der Waals surface area contributed by atoms with Gasteiger partial charge in [-0.2, -0.15) is 0 Å². The number of nitro groups is 1. The standard InChI is InChI=1S/C10H13N2O4S/c1-10(2,3)11(17(15)16)8-6-4-5-7-9(8)12(13)14/h4-7,17H,1H2,2-3H3. The molecule has 6 nitrogen and oxygen atoms in total. The van der Waals surface area contributed by atoms with E-state index in [2.05, 4.69) is 6.92 Å². The molecule has 0 unspecified atom stereocenters. The number of benzene rings is 1. The summed E-state index contributed by atoms with van der Waals surface area (Å²) in [6.07, 6.45) is 0. The lowest BCUT2D eigenvalue weighted by Crippen LogP contribution is -2.40. The summed E-state index contributed by atoms with van der Waals surface area (Å²) in [5.41, 5.74) is -1.24. The lowest BCUT2D eigenvalue weighted by Gasteiger charge is -2.31. The molecule has 0 amide bonds. The molecule has 93 valence electrons. The van der Waals surface area contributed by atoms with Gasteiger partial charge in [0, 0.05) is 6.07 Å². The van der Waals surface area contributed by atoms with Crippen LogP contribution in [0.2, 0.25) is 0 Å². The van der Waals surface area contributed by atoms with E-state index in [0.717, 1.165) is 4.31 Å². The van der Waals surface area contributed by atoms with Crippen molar-refractivity contribution in [1.82, 2.24) is 0 Å². The van der Waals surface area contributed by atoms with Gasteiger partial charge in [-0.15, -0.1) is 0 Å². The Hall–Kier alpha value is -1.63. The Morgan fingerprint density at radius 3 is 2.29 bits per heavy atom. The van der Waals surface area contributed by atoms with Crippen LogP contribution in [-0.4, -0.2) is 18.9 Å². The number of nitro benzene ring substituents is 1. The highest BCUT2D eigenvalue weighted by molar-refractivity contribution is 7.74. The maximum absolute atomic E-state index is 11.2. The van der Waals surface area contributed by atoms with Crippen LogP contribution in [0.5, 0.6) is 0 Å². The Morgan fingerprint density at radius 1 is 1.35 bits per heavy atom. The number of hydrogen-bond donors (Lipinski definition) is 1. The molecule has 0 aliphatic heterocycles. The van der Waals surface area contributed by atoms with Crippen LogP contribution in [0, 0.1) is 17.0 Å². The molecule has 0 fully saturated rings. The van der Waals surface area contributed by atoms with E-state index in [1.165, 1.54) is 18.2 Å². The minimum absolute atomic E-state index is 0.0219. The molecule has 1 aromatic carbocycles. The molecule has 17 heavy (non-hydrogen) atoms. The normalized spacial score (nSPS) is 11.5. The Morgan fingerprint density at radius 2 is 1.88 bits per heavy atom. The van der Waals surface area contributed by atoms with E-state index in [1.54, 1.807) is 19.9 Å². The fourth-order valence-corrected chi connectivity index (χ4v) is 2.22. The molecular formula is C10H13N2O4S.